The first-order chi connectivity index (χ1) is 11.7. The summed E-state index contributed by atoms with van der Waals surface area (Å²) in [6.45, 7) is 1.76. The van der Waals surface area contributed by atoms with Gasteiger partial charge in [-0.2, -0.15) is 0 Å². The summed E-state index contributed by atoms with van der Waals surface area (Å²) >= 11 is 0. The number of ether oxygens (including phenoxy) is 3. The molecule has 0 saturated heterocycles. The Balaban J connectivity index is 0.00000225. The van der Waals surface area contributed by atoms with Gasteiger partial charge in [0, 0.05) is 24.7 Å². The second-order valence-electron chi connectivity index (χ2n) is 5.67. The molecule has 0 amide bonds. The third kappa shape index (κ3) is 4.87. The highest BCUT2D eigenvalue weighted by Gasteiger charge is 2.13. The normalized spacial score (nSPS) is 12.5. The van der Waals surface area contributed by atoms with Crippen molar-refractivity contribution in [3.8, 4) is 17.2 Å². The summed E-state index contributed by atoms with van der Waals surface area (Å²) in [5, 5.41) is 0. The number of benzene rings is 2. The fourth-order valence-corrected chi connectivity index (χ4v) is 2.55. The van der Waals surface area contributed by atoms with Crippen LogP contribution in [0, 0.1) is 5.82 Å². The Labute approximate surface area is 153 Å². The topological polar surface area (TPSA) is 30.9 Å². The summed E-state index contributed by atoms with van der Waals surface area (Å²) in [6, 6.07) is 10.8. The van der Waals surface area contributed by atoms with Crippen LogP contribution in [0.3, 0.4) is 0 Å². The maximum Gasteiger partial charge on any atom is 0.231 e. The van der Waals surface area contributed by atoms with Crippen molar-refractivity contribution in [1.82, 2.24) is 4.90 Å². The standard InChI is InChI=1S/C19H20FNO3.ClH/c1-21(12-14-5-8-18-19(10-14)24-13-23-18)9-3-4-15-6-7-16(22-2)11-17(15)20;/h3-8,10-11H,9,12-13H2,1-2H3;1H/b4-3+;. The fourth-order valence-electron chi connectivity index (χ4n) is 2.55. The smallest absolute Gasteiger partial charge is 0.231 e. The van der Waals surface area contributed by atoms with E-state index >= 15 is 0 Å². The molecule has 4 nitrogen and oxygen atoms in total. The number of nitrogens with zero attached hydrogens (tertiary/aromatic N) is 1. The van der Waals surface area contributed by atoms with Crippen molar-refractivity contribution in [3.63, 3.8) is 0 Å². The molecule has 2 aromatic rings. The first kappa shape index (κ1) is 19.1. The van der Waals surface area contributed by atoms with Crippen LogP contribution in [0.5, 0.6) is 17.2 Å². The average Bonchev–Trinajstić information content (AvgIpc) is 3.04. The van der Waals surface area contributed by atoms with E-state index in [9.17, 15) is 4.39 Å². The van der Waals surface area contributed by atoms with Crippen molar-refractivity contribution >= 4 is 18.5 Å². The lowest BCUT2D eigenvalue weighted by Crippen LogP contribution is -2.17. The highest BCUT2D eigenvalue weighted by Crippen LogP contribution is 2.32. The monoisotopic (exact) mass is 365 g/mol. The number of methoxy groups -OCH3 is 1. The van der Waals surface area contributed by atoms with E-state index in [-0.39, 0.29) is 25.0 Å². The molecule has 0 spiro atoms. The molecule has 3 rings (SSSR count). The van der Waals surface area contributed by atoms with Gasteiger partial charge < -0.3 is 14.2 Å². The van der Waals surface area contributed by atoms with E-state index in [4.69, 9.17) is 14.2 Å². The van der Waals surface area contributed by atoms with Crippen LogP contribution in [-0.4, -0.2) is 32.4 Å². The van der Waals surface area contributed by atoms with E-state index in [2.05, 4.69) is 4.90 Å². The molecule has 1 aliphatic heterocycles. The molecule has 0 radical (unpaired) electrons. The van der Waals surface area contributed by atoms with Gasteiger partial charge in [-0.15, -0.1) is 12.4 Å². The van der Waals surface area contributed by atoms with Gasteiger partial charge in [-0.1, -0.05) is 18.2 Å². The van der Waals surface area contributed by atoms with Crippen LogP contribution in [0.2, 0.25) is 0 Å². The summed E-state index contributed by atoms with van der Waals surface area (Å²) in [5.74, 6) is 1.81. The zero-order valence-electron chi connectivity index (χ0n) is 14.2. The van der Waals surface area contributed by atoms with Crippen LogP contribution >= 0.6 is 12.4 Å². The Morgan fingerprint density at radius 2 is 1.96 bits per heavy atom. The van der Waals surface area contributed by atoms with Gasteiger partial charge in [0.15, 0.2) is 11.5 Å². The number of rotatable bonds is 6. The summed E-state index contributed by atoms with van der Waals surface area (Å²) in [6.07, 6.45) is 3.72. The molecule has 0 bridgehead atoms. The molecule has 0 fully saturated rings. The fraction of sp³-hybridized carbons (Fsp3) is 0.263. The molecule has 1 aliphatic rings. The lowest BCUT2D eigenvalue weighted by molar-refractivity contribution is 0.174. The maximum atomic E-state index is 13.9. The summed E-state index contributed by atoms with van der Waals surface area (Å²) in [7, 11) is 3.54. The molecule has 0 unspecified atom stereocenters. The van der Waals surface area contributed by atoms with Crippen LogP contribution in [0.1, 0.15) is 11.1 Å². The van der Waals surface area contributed by atoms with Gasteiger partial charge >= 0.3 is 0 Å². The number of likely N-dealkylation sites (N-methyl/N-ethyl adjacent to an activating group) is 1. The van der Waals surface area contributed by atoms with Crippen LogP contribution in [0.15, 0.2) is 42.5 Å². The highest BCUT2D eigenvalue weighted by atomic mass is 35.5. The Bertz CT molecular complexity index is 751. The van der Waals surface area contributed by atoms with Crippen LogP contribution in [-0.2, 0) is 6.54 Å². The molecule has 0 N–H and O–H groups in total. The van der Waals surface area contributed by atoms with E-state index in [0.29, 0.717) is 17.9 Å². The van der Waals surface area contributed by atoms with Crippen LogP contribution < -0.4 is 14.2 Å². The number of halogens is 2. The summed E-state index contributed by atoms with van der Waals surface area (Å²) in [4.78, 5) is 2.13. The summed E-state index contributed by atoms with van der Waals surface area (Å²) < 4.78 is 29.6. The van der Waals surface area contributed by atoms with Crippen molar-refractivity contribution in [1.29, 1.82) is 0 Å². The van der Waals surface area contributed by atoms with Gasteiger partial charge in [-0.05, 0) is 36.9 Å². The lowest BCUT2D eigenvalue weighted by Gasteiger charge is -2.14. The molecule has 0 saturated carbocycles. The molecular formula is C19H21ClFNO3. The third-order valence-electron chi connectivity index (χ3n) is 3.81. The predicted molar refractivity (Wildman–Crippen MR) is 98.1 cm³/mol. The van der Waals surface area contributed by atoms with Crippen LogP contribution in [0.4, 0.5) is 4.39 Å². The van der Waals surface area contributed by atoms with Gasteiger partial charge in [0.1, 0.15) is 11.6 Å². The van der Waals surface area contributed by atoms with Crippen molar-refractivity contribution in [2.24, 2.45) is 0 Å². The molecule has 1 heterocycles. The lowest BCUT2D eigenvalue weighted by atomic mass is 10.1. The van der Waals surface area contributed by atoms with E-state index < -0.39 is 0 Å². The Morgan fingerprint density at radius 3 is 2.72 bits per heavy atom. The van der Waals surface area contributed by atoms with E-state index in [0.717, 1.165) is 23.6 Å². The zero-order valence-corrected chi connectivity index (χ0v) is 15.0. The molecule has 25 heavy (non-hydrogen) atoms. The number of hydrogen-bond acceptors (Lipinski definition) is 4. The Kier molecular flexibility index (Phi) is 6.67. The predicted octanol–water partition coefficient (Wildman–Crippen LogP) is 4.13. The largest absolute Gasteiger partial charge is 0.497 e. The molecule has 0 atom stereocenters. The van der Waals surface area contributed by atoms with Crippen LogP contribution in [0.25, 0.3) is 6.08 Å². The van der Waals surface area contributed by atoms with Gasteiger partial charge in [0.2, 0.25) is 6.79 Å². The second kappa shape index (κ2) is 8.74. The highest BCUT2D eigenvalue weighted by molar-refractivity contribution is 5.85. The van der Waals surface area contributed by atoms with Crippen molar-refractivity contribution in [3.05, 3.63) is 59.4 Å². The Morgan fingerprint density at radius 1 is 1.16 bits per heavy atom. The minimum absolute atomic E-state index is 0. The average molecular weight is 366 g/mol. The summed E-state index contributed by atoms with van der Waals surface area (Å²) in [5.41, 5.74) is 1.69. The van der Waals surface area contributed by atoms with Crippen molar-refractivity contribution < 1.29 is 18.6 Å². The van der Waals surface area contributed by atoms with Gasteiger partial charge in [-0.3, -0.25) is 4.90 Å². The quantitative estimate of drug-likeness (QED) is 0.770. The minimum atomic E-state index is -0.288. The first-order valence-electron chi connectivity index (χ1n) is 7.73. The first-order valence-corrected chi connectivity index (χ1v) is 7.73. The van der Waals surface area contributed by atoms with E-state index in [1.165, 1.54) is 13.2 Å². The molecule has 2 aromatic carbocycles. The number of fused-ring (bicyclic) bond motifs is 1. The van der Waals surface area contributed by atoms with Crippen molar-refractivity contribution in [2.75, 3.05) is 27.5 Å². The maximum absolute atomic E-state index is 13.9. The van der Waals surface area contributed by atoms with Crippen molar-refractivity contribution in [2.45, 2.75) is 6.54 Å². The second-order valence-corrected chi connectivity index (χ2v) is 5.67. The SMILES string of the molecule is COc1ccc(/C=C/CN(C)Cc2ccc3c(c2)OCO3)c(F)c1.Cl. The minimum Gasteiger partial charge on any atom is -0.497 e. The zero-order chi connectivity index (χ0) is 16.9. The van der Waals surface area contributed by atoms with Gasteiger partial charge in [0.05, 0.1) is 7.11 Å². The molecule has 0 aliphatic carbocycles. The van der Waals surface area contributed by atoms with Gasteiger partial charge in [0.25, 0.3) is 0 Å². The molecular weight excluding hydrogens is 345 g/mol. The third-order valence-corrected chi connectivity index (χ3v) is 3.81. The molecule has 0 aromatic heterocycles. The van der Waals surface area contributed by atoms with E-state index in [1.807, 2.05) is 31.3 Å². The van der Waals surface area contributed by atoms with E-state index in [1.54, 1.807) is 18.2 Å². The molecule has 134 valence electrons. The molecule has 6 heteroatoms. The number of hydrogen-bond donors (Lipinski definition) is 0. The Hall–Kier alpha value is -2.24. The van der Waals surface area contributed by atoms with Gasteiger partial charge in [-0.25, -0.2) is 4.39 Å².